The van der Waals surface area contributed by atoms with Gasteiger partial charge >= 0.3 is 6.03 Å². The highest BCUT2D eigenvalue weighted by Crippen LogP contribution is 1.97. The summed E-state index contributed by atoms with van der Waals surface area (Å²) in [6.45, 7) is 2.02. The Kier molecular flexibility index (Phi) is 2.57. The van der Waals surface area contributed by atoms with E-state index in [9.17, 15) is 9.59 Å². The van der Waals surface area contributed by atoms with Crippen LogP contribution in [0.15, 0.2) is 23.2 Å². The molecule has 1 fully saturated rings. The first kappa shape index (κ1) is 11.5. The fourth-order valence-electron chi connectivity index (χ4n) is 2.06. The van der Waals surface area contributed by atoms with Gasteiger partial charge in [-0.25, -0.2) is 4.79 Å². The van der Waals surface area contributed by atoms with Crippen LogP contribution in [0.3, 0.4) is 0 Å². The molecular weight excluding hydrogens is 242 g/mol. The quantitative estimate of drug-likeness (QED) is 0.462. The summed E-state index contributed by atoms with van der Waals surface area (Å²) in [7, 11) is 0. The summed E-state index contributed by atoms with van der Waals surface area (Å²) in [6, 6.07) is 4.64. The van der Waals surface area contributed by atoms with E-state index in [2.05, 4.69) is 33.5 Å². The number of benzene rings is 1. The van der Waals surface area contributed by atoms with E-state index in [0.29, 0.717) is 0 Å². The smallest absolute Gasteiger partial charge is 0.316 e. The minimum atomic E-state index is -0.775. The topological polar surface area (TPSA) is 70.6 Å². The van der Waals surface area contributed by atoms with Crippen molar-refractivity contribution in [1.29, 1.82) is 0 Å². The van der Waals surface area contributed by atoms with Crippen LogP contribution >= 0.6 is 0 Å². The van der Waals surface area contributed by atoms with Gasteiger partial charge in [0.25, 0.3) is 5.91 Å². The van der Waals surface area contributed by atoms with Gasteiger partial charge in [0.1, 0.15) is 0 Å². The van der Waals surface area contributed by atoms with E-state index in [0.717, 1.165) is 16.1 Å². The van der Waals surface area contributed by atoms with Crippen LogP contribution < -0.4 is 21.2 Å². The van der Waals surface area contributed by atoms with Gasteiger partial charge in [-0.15, -0.1) is 0 Å². The highest BCUT2D eigenvalue weighted by atomic mass is 16.2. The first-order valence-corrected chi connectivity index (χ1v) is 5.94. The Labute approximate surface area is 109 Å². The normalized spacial score (nSPS) is 23.4. The lowest BCUT2D eigenvalue weighted by atomic mass is 10.1. The van der Waals surface area contributed by atoms with Gasteiger partial charge in [0, 0.05) is 5.56 Å². The molecule has 0 radical (unpaired) electrons. The zero-order valence-corrected chi connectivity index (χ0v) is 10.2. The zero-order chi connectivity index (χ0) is 13.4. The maximum Gasteiger partial charge on any atom is 0.322 e. The maximum absolute atomic E-state index is 11.3. The van der Waals surface area contributed by atoms with Crippen molar-refractivity contribution >= 4 is 18.0 Å². The van der Waals surface area contributed by atoms with E-state index in [1.165, 1.54) is 0 Å². The van der Waals surface area contributed by atoms with Gasteiger partial charge in [0.15, 0.2) is 6.04 Å². The molecule has 1 saturated heterocycles. The predicted molar refractivity (Wildman–Crippen MR) is 68.5 cm³/mol. The molecule has 5 heteroatoms. The molecule has 3 amide bonds. The molecule has 2 heterocycles. The van der Waals surface area contributed by atoms with Crippen LogP contribution in [0.25, 0.3) is 6.08 Å². The number of imide groups is 1. The molecule has 3 rings (SSSR count). The first-order valence-electron chi connectivity index (χ1n) is 5.94. The lowest BCUT2D eigenvalue weighted by Crippen LogP contribution is -2.26. The monoisotopic (exact) mass is 253 g/mol. The highest BCUT2D eigenvalue weighted by molar-refractivity contribution is 6.05. The summed E-state index contributed by atoms with van der Waals surface area (Å²) in [6.07, 6.45) is 2.08. The number of hydrogen-bond acceptors (Lipinski definition) is 3. The Hall–Kier alpha value is -2.61. The second-order valence-electron chi connectivity index (χ2n) is 4.48. The van der Waals surface area contributed by atoms with Crippen LogP contribution in [0, 0.1) is 11.8 Å². The van der Waals surface area contributed by atoms with E-state index >= 15 is 0 Å². The van der Waals surface area contributed by atoms with Crippen LogP contribution in [0.2, 0.25) is 0 Å². The molecule has 2 unspecified atom stereocenters. The molecule has 0 bridgehead atoms. The van der Waals surface area contributed by atoms with Crippen molar-refractivity contribution < 1.29 is 9.59 Å². The first-order chi connectivity index (χ1) is 9.11. The summed E-state index contributed by atoms with van der Waals surface area (Å²) < 4.78 is 0. The zero-order valence-electron chi connectivity index (χ0n) is 10.2. The summed E-state index contributed by atoms with van der Waals surface area (Å²) >= 11 is 0. The van der Waals surface area contributed by atoms with Crippen LogP contribution in [0.5, 0.6) is 0 Å². The van der Waals surface area contributed by atoms with Crippen molar-refractivity contribution in [2.45, 2.75) is 19.0 Å². The number of fused-ring (bicyclic) bond motifs is 1. The number of urea groups is 1. The molecule has 2 aliphatic heterocycles. The van der Waals surface area contributed by atoms with E-state index in [-0.39, 0.29) is 6.04 Å². The summed E-state index contributed by atoms with van der Waals surface area (Å²) in [5.41, 5.74) is 0.777. The number of rotatable bonds is 0. The minimum absolute atomic E-state index is 0.193. The van der Waals surface area contributed by atoms with Gasteiger partial charge in [-0.1, -0.05) is 24.0 Å². The average molecular weight is 253 g/mol. The fraction of sp³-hybridized carbons (Fsp3) is 0.214. The molecule has 0 aliphatic carbocycles. The molecule has 94 valence electrons. The van der Waals surface area contributed by atoms with Crippen molar-refractivity contribution in [3.8, 4) is 11.8 Å². The Balaban J connectivity index is 1.89. The summed E-state index contributed by atoms with van der Waals surface area (Å²) in [4.78, 5) is 26.7. The van der Waals surface area contributed by atoms with Gasteiger partial charge in [0.2, 0.25) is 0 Å². The van der Waals surface area contributed by atoms with E-state index in [4.69, 9.17) is 0 Å². The number of nitrogens with one attached hydrogen (secondary N) is 2. The van der Waals surface area contributed by atoms with E-state index in [1.807, 2.05) is 25.1 Å². The predicted octanol–water partition coefficient (Wildman–Crippen LogP) is -0.952. The lowest BCUT2D eigenvalue weighted by molar-refractivity contribution is -0.119. The highest BCUT2D eigenvalue weighted by Gasteiger charge is 2.27. The molecule has 1 aromatic rings. The van der Waals surface area contributed by atoms with Gasteiger partial charge < -0.3 is 5.32 Å². The summed E-state index contributed by atoms with van der Waals surface area (Å²) in [5.74, 6) is 5.21. The molecule has 1 aromatic carbocycles. The van der Waals surface area contributed by atoms with Gasteiger partial charge in [0.05, 0.1) is 11.4 Å². The largest absolute Gasteiger partial charge is 0.322 e. The Bertz CT molecular complexity index is 755. The minimum Gasteiger partial charge on any atom is -0.316 e. The third-order valence-electron chi connectivity index (χ3n) is 2.93. The van der Waals surface area contributed by atoms with Crippen molar-refractivity contribution in [2.75, 3.05) is 0 Å². The molecule has 0 saturated carbocycles. The molecular formula is C14H11N3O2. The van der Waals surface area contributed by atoms with Crippen molar-refractivity contribution in [1.82, 2.24) is 10.6 Å². The van der Waals surface area contributed by atoms with E-state index < -0.39 is 18.0 Å². The van der Waals surface area contributed by atoms with E-state index in [1.54, 1.807) is 0 Å². The van der Waals surface area contributed by atoms with Crippen molar-refractivity contribution in [3.63, 3.8) is 0 Å². The lowest BCUT2D eigenvalue weighted by Gasteiger charge is -1.94. The standard InChI is InChI=1S/C14H11N3O2/c1-8-6-10-4-2-9(7-12(10)15-8)3-5-11-13(18)17-14(19)16-11/h2,4,6-8,11H,1H3,(H2,16,17,18,19). The van der Waals surface area contributed by atoms with Crippen LogP contribution in [0.1, 0.15) is 12.5 Å². The molecule has 19 heavy (non-hydrogen) atoms. The third-order valence-corrected chi connectivity index (χ3v) is 2.93. The molecule has 0 aromatic heterocycles. The molecule has 2 atom stereocenters. The van der Waals surface area contributed by atoms with Crippen LogP contribution in [-0.2, 0) is 4.79 Å². The molecule has 2 aliphatic rings. The second kappa shape index (κ2) is 4.25. The van der Waals surface area contributed by atoms with Crippen LogP contribution in [-0.4, -0.2) is 24.0 Å². The van der Waals surface area contributed by atoms with Crippen LogP contribution in [0.4, 0.5) is 4.79 Å². The van der Waals surface area contributed by atoms with Crippen molar-refractivity contribution in [3.05, 3.63) is 34.3 Å². The van der Waals surface area contributed by atoms with Gasteiger partial charge in [-0.05, 0) is 24.3 Å². The third kappa shape index (κ3) is 2.20. The number of amides is 3. The number of carbonyl (C=O) groups is 2. The average Bonchev–Trinajstić information content (AvgIpc) is 2.87. The maximum atomic E-state index is 11.3. The molecule has 0 spiro atoms. The Morgan fingerprint density at radius 1 is 1.32 bits per heavy atom. The summed E-state index contributed by atoms with van der Waals surface area (Å²) in [5, 5.41) is 6.58. The number of carbonyl (C=O) groups excluding carboxylic acids is 2. The van der Waals surface area contributed by atoms with Gasteiger partial charge in [-0.3, -0.25) is 15.1 Å². The molecule has 2 N–H and O–H groups in total. The van der Waals surface area contributed by atoms with Gasteiger partial charge in [-0.2, -0.15) is 0 Å². The Morgan fingerprint density at radius 3 is 2.89 bits per heavy atom. The molecule has 5 nitrogen and oxygen atoms in total. The second-order valence-corrected chi connectivity index (χ2v) is 4.48. The number of nitrogens with zero attached hydrogens (tertiary/aromatic N) is 1. The SMILES string of the molecule is CC1C=c2ccc(C#CC3NC(=O)NC3=O)cc2=N1. The van der Waals surface area contributed by atoms with Crippen molar-refractivity contribution in [2.24, 2.45) is 4.99 Å². The number of hydrogen-bond donors (Lipinski definition) is 2. The Morgan fingerprint density at radius 2 is 2.16 bits per heavy atom. The fourth-order valence-corrected chi connectivity index (χ4v) is 2.06.